The number of carbonyl (C=O) groups excluding carboxylic acids is 1. The highest BCUT2D eigenvalue weighted by molar-refractivity contribution is 5.89. The Labute approximate surface area is 147 Å². The number of benzene rings is 3. The predicted octanol–water partition coefficient (Wildman–Crippen LogP) is 4.51. The molecule has 0 aliphatic heterocycles. The van der Waals surface area contributed by atoms with E-state index in [4.69, 9.17) is 9.47 Å². The zero-order valence-electron chi connectivity index (χ0n) is 14.2. The van der Waals surface area contributed by atoms with Gasteiger partial charge in [0.25, 0.3) is 0 Å². The van der Waals surface area contributed by atoms with Gasteiger partial charge in [-0.1, -0.05) is 30.3 Å². The molecule has 25 heavy (non-hydrogen) atoms. The van der Waals surface area contributed by atoms with E-state index in [2.05, 4.69) is 23.5 Å². The first-order valence-corrected chi connectivity index (χ1v) is 8.39. The normalized spacial score (nSPS) is 10.4. The summed E-state index contributed by atoms with van der Waals surface area (Å²) in [7, 11) is 0. The molecule has 0 atom stereocenters. The van der Waals surface area contributed by atoms with Crippen LogP contribution in [0.15, 0.2) is 66.7 Å². The van der Waals surface area contributed by atoms with Gasteiger partial charge in [-0.05, 0) is 54.1 Å². The number of carbonyl (C=O) groups is 1. The zero-order valence-corrected chi connectivity index (χ0v) is 14.2. The number of hydrogen-bond acceptors (Lipinski definition) is 4. The van der Waals surface area contributed by atoms with Crippen molar-refractivity contribution in [2.24, 2.45) is 0 Å². The van der Waals surface area contributed by atoms with Crippen molar-refractivity contribution in [2.45, 2.75) is 6.92 Å². The molecule has 4 nitrogen and oxygen atoms in total. The number of anilines is 1. The number of esters is 1. The summed E-state index contributed by atoms with van der Waals surface area (Å²) in [5.41, 5.74) is 1.50. The van der Waals surface area contributed by atoms with Gasteiger partial charge in [0.2, 0.25) is 0 Å². The van der Waals surface area contributed by atoms with Crippen LogP contribution < -0.4 is 10.1 Å². The first-order valence-electron chi connectivity index (χ1n) is 8.39. The van der Waals surface area contributed by atoms with Crippen molar-refractivity contribution in [2.75, 3.05) is 25.1 Å². The third-order valence-electron chi connectivity index (χ3n) is 3.82. The molecule has 0 saturated heterocycles. The number of ether oxygens (including phenoxy) is 2. The Morgan fingerprint density at radius 2 is 1.72 bits per heavy atom. The van der Waals surface area contributed by atoms with Crippen molar-refractivity contribution in [3.63, 3.8) is 0 Å². The maximum atomic E-state index is 11.6. The van der Waals surface area contributed by atoms with E-state index in [1.807, 2.05) is 36.4 Å². The van der Waals surface area contributed by atoms with E-state index in [9.17, 15) is 4.79 Å². The van der Waals surface area contributed by atoms with Gasteiger partial charge in [0.1, 0.15) is 12.4 Å². The maximum Gasteiger partial charge on any atom is 0.338 e. The van der Waals surface area contributed by atoms with Crippen molar-refractivity contribution >= 4 is 22.4 Å². The molecular weight excluding hydrogens is 314 g/mol. The highest BCUT2D eigenvalue weighted by Crippen LogP contribution is 2.20. The molecule has 0 bridgehead atoms. The van der Waals surface area contributed by atoms with Crippen LogP contribution in [0.25, 0.3) is 10.8 Å². The summed E-state index contributed by atoms with van der Waals surface area (Å²) in [6, 6.07) is 21.5. The molecule has 3 aromatic rings. The molecule has 0 amide bonds. The lowest BCUT2D eigenvalue weighted by Crippen LogP contribution is -2.11. The van der Waals surface area contributed by atoms with Gasteiger partial charge in [0.05, 0.1) is 12.2 Å². The molecule has 0 radical (unpaired) electrons. The van der Waals surface area contributed by atoms with Crippen LogP contribution in [-0.4, -0.2) is 25.7 Å². The smallest absolute Gasteiger partial charge is 0.338 e. The van der Waals surface area contributed by atoms with Gasteiger partial charge < -0.3 is 14.8 Å². The molecule has 3 rings (SSSR count). The topological polar surface area (TPSA) is 47.6 Å². The maximum absolute atomic E-state index is 11.6. The number of fused-ring (bicyclic) bond motifs is 1. The lowest BCUT2D eigenvalue weighted by Gasteiger charge is -2.10. The van der Waals surface area contributed by atoms with Gasteiger partial charge in [0, 0.05) is 12.2 Å². The monoisotopic (exact) mass is 335 g/mol. The Hall–Kier alpha value is -3.01. The Morgan fingerprint density at radius 3 is 2.48 bits per heavy atom. The van der Waals surface area contributed by atoms with Crippen LogP contribution in [0, 0.1) is 0 Å². The van der Waals surface area contributed by atoms with Crippen LogP contribution in [0.2, 0.25) is 0 Å². The molecule has 0 saturated carbocycles. The van der Waals surface area contributed by atoms with E-state index in [1.54, 1.807) is 19.1 Å². The van der Waals surface area contributed by atoms with Gasteiger partial charge >= 0.3 is 5.97 Å². The van der Waals surface area contributed by atoms with Gasteiger partial charge in [0.15, 0.2) is 0 Å². The van der Waals surface area contributed by atoms with Crippen molar-refractivity contribution < 1.29 is 14.3 Å². The first-order chi connectivity index (χ1) is 12.3. The molecule has 3 aromatic carbocycles. The molecule has 0 fully saturated rings. The fourth-order valence-corrected chi connectivity index (χ4v) is 2.56. The highest BCUT2D eigenvalue weighted by atomic mass is 16.5. The summed E-state index contributed by atoms with van der Waals surface area (Å²) in [6.45, 7) is 3.40. The largest absolute Gasteiger partial charge is 0.492 e. The average molecular weight is 335 g/mol. The summed E-state index contributed by atoms with van der Waals surface area (Å²) < 4.78 is 10.8. The molecule has 0 aliphatic carbocycles. The number of hydrogen-bond donors (Lipinski definition) is 1. The summed E-state index contributed by atoms with van der Waals surface area (Å²) in [5, 5.41) is 5.65. The quantitative estimate of drug-likeness (QED) is 0.510. The first kappa shape index (κ1) is 16.8. The molecule has 128 valence electrons. The van der Waals surface area contributed by atoms with E-state index in [0.717, 1.165) is 11.4 Å². The molecule has 0 unspecified atom stereocenters. The minimum Gasteiger partial charge on any atom is -0.492 e. The van der Waals surface area contributed by atoms with Gasteiger partial charge in [-0.15, -0.1) is 0 Å². The fourth-order valence-electron chi connectivity index (χ4n) is 2.56. The average Bonchev–Trinajstić information content (AvgIpc) is 2.66. The van der Waals surface area contributed by atoms with E-state index in [0.29, 0.717) is 25.3 Å². The predicted molar refractivity (Wildman–Crippen MR) is 100 cm³/mol. The number of nitrogens with one attached hydrogen (secondary N) is 1. The van der Waals surface area contributed by atoms with Crippen molar-refractivity contribution in [3.05, 3.63) is 72.3 Å². The summed E-state index contributed by atoms with van der Waals surface area (Å²) in [5.74, 6) is 0.562. The Bertz CT molecular complexity index is 843. The minimum absolute atomic E-state index is 0.298. The summed E-state index contributed by atoms with van der Waals surface area (Å²) in [6.07, 6.45) is 0. The second kappa shape index (κ2) is 8.20. The Kier molecular flexibility index (Phi) is 5.52. The SMILES string of the molecule is CCOC(=O)c1ccc(NCCOc2ccc3ccccc3c2)cc1. The second-order valence-corrected chi connectivity index (χ2v) is 5.58. The van der Waals surface area contributed by atoms with Crippen LogP contribution in [0.1, 0.15) is 17.3 Å². The van der Waals surface area contributed by atoms with E-state index in [-0.39, 0.29) is 5.97 Å². The van der Waals surface area contributed by atoms with E-state index in [1.165, 1.54) is 10.8 Å². The number of rotatable bonds is 7. The lowest BCUT2D eigenvalue weighted by molar-refractivity contribution is 0.0526. The molecule has 4 heteroatoms. The Morgan fingerprint density at radius 1 is 0.960 bits per heavy atom. The van der Waals surface area contributed by atoms with Crippen LogP contribution in [0.3, 0.4) is 0 Å². The van der Waals surface area contributed by atoms with Crippen LogP contribution >= 0.6 is 0 Å². The van der Waals surface area contributed by atoms with Crippen LogP contribution in [0.4, 0.5) is 5.69 Å². The summed E-state index contributed by atoms with van der Waals surface area (Å²) in [4.78, 5) is 11.6. The van der Waals surface area contributed by atoms with Crippen molar-refractivity contribution in [3.8, 4) is 5.75 Å². The van der Waals surface area contributed by atoms with Gasteiger partial charge in [-0.3, -0.25) is 0 Å². The van der Waals surface area contributed by atoms with Crippen LogP contribution in [0.5, 0.6) is 5.75 Å². The molecule has 0 heterocycles. The van der Waals surface area contributed by atoms with Crippen molar-refractivity contribution in [1.29, 1.82) is 0 Å². The molecule has 0 aromatic heterocycles. The van der Waals surface area contributed by atoms with Gasteiger partial charge in [-0.2, -0.15) is 0 Å². The third kappa shape index (κ3) is 4.51. The molecule has 1 N–H and O–H groups in total. The lowest BCUT2D eigenvalue weighted by atomic mass is 10.1. The summed E-state index contributed by atoms with van der Waals surface area (Å²) >= 11 is 0. The zero-order chi connectivity index (χ0) is 17.5. The standard InChI is InChI=1S/C21H21NO3/c1-2-24-21(23)17-7-10-19(11-8-17)22-13-14-25-20-12-9-16-5-3-4-6-18(16)15-20/h3-12,15,22H,2,13-14H2,1H3. The third-order valence-corrected chi connectivity index (χ3v) is 3.82. The van der Waals surface area contributed by atoms with Gasteiger partial charge in [-0.25, -0.2) is 4.79 Å². The molecule has 0 spiro atoms. The van der Waals surface area contributed by atoms with Crippen LogP contribution in [-0.2, 0) is 4.74 Å². The fraction of sp³-hybridized carbons (Fsp3) is 0.190. The van der Waals surface area contributed by atoms with E-state index >= 15 is 0 Å². The van der Waals surface area contributed by atoms with Crippen molar-refractivity contribution in [1.82, 2.24) is 0 Å². The second-order valence-electron chi connectivity index (χ2n) is 5.58. The molecule has 0 aliphatic rings. The highest BCUT2D eigenvalue weighted by Gasteiger charge is 2.05. The Balaban J connectivity index is 1.48. The van der Waals surface area contributed by atoms with E-state index < -0.39 is 0 Å². The molecular formula is C21H21NO3. The minimum atomic E-state index is -0.298.